The molecule has 1 heterocycles. The first kappa shape index (κ1) is 13.4. The fourth-order valence-corrected chi connectivity index (χ4v) is 2.26. The normalized spacial score (nSPS) is 10.7. The van der Waals surface area contributed by atoms with Crippen LogP contribution in [0, 0.1) is 0 Å². The predicted octanol–water partition coefficient (Wildman–Crippen LogP) is 3.22. The van der Waals surface area contributed by atoms with Gasteiger partial charge in [0.15, 0.2) is 0 Å². The fourth-order valence-electron chi connectivity index (χ4n) is 1.67. The van der Waals surface area contributed by atoms with Gasteiger partial charge in [0.2, 0.25) is 0 Å². The van der Waals surface area contributed by atoms with Crippen molar-refractivity contribution >= 4 is 27.5 Å². The van der Waals surface area contributed by atoms with Crippen LogP contribution in [0.2, 0.25) is 5.02 Å². The Morgan fingerprint density at radius 1 is 1.50 bits per heavy atom. The van der Waals surface area contributed by atoms with Crippen LogP contribution in [-0.2, 0) is 6.54 Å². The molecular weight excluding hydrogens is 318 g/mol. The van der Waals surface area contributed by atoms with Crippen LogP contribution in [0.4, 0.5) is 0 Å². The number of aromatic nitrogens is 2. The number of benzene rings is 1. The molecule has 2 N–H and O–H groups in total. The van der Waals surface area contributed by atoms with E-state index >= 15 is 0 Å². The molecule has 2 rings (SSSR count). The first-order valence-electron chi connectivity index (χ1n) is 5.38. The van der Waals surface area contributed by atoms with Gasteiger partial charge in [0.05, 0.1) is 18.4 Å². The number of methoxy groups -OCH3 is 1. The molecule has 0 fully saturated rings. The summed E-state index contributed by atoms with van der Waals surface area (Å²) < 4.78 is 6.10. The third kappa shape index (κ3) is 2.68. The average Bonchev–Trinajstić information content (AvgIpc) is 2.71. The van der Waals surface area contributed by atoms with Crippen LogP contribution < -0.4 is 10.1 Å². The molecule has 0 unspecified atom stereocenters. The number of H-pyrrole nitrogens is 1. The summed E-state index contributed by atoms with van der Waals surface area (Å²) in [5.41, 5.74) is 1.82. The van der Waals surface area contributed by atoms with E-state index in [-0.39, 0.29) is 0 Å². The topological polar surface area (TPSA) is 49.9 Å². The van der Waals surface area contributed by atoms with E-state index in [1.807, 2.05) is 19.2 Å². The van der Waals surface area contributed by atoms with E-state index < -0.39 is 0 Å². The lowest BCUT2D eigenvalue weighted by Crippen LogP contribution is -2.05. The molecule has 0 aliphatic heterocycles. The lowest BCUT2D eigenvalue weighted by atomic mass is 10.2. The van der Waals surface area contributed by atoms with Gasteiger partial charge in [0.25, 0.3) is 0 Å². The van der Waals surface area contributed by atoms with Gasteiger partial charge in [-0.3, -0.25) is 0 Å². The van der Waals surface area contributed by atoms with Crippen molar-refractivity contribution in [2.24, 2.45) is 0 Å². The lowest BCUT2D eigenvalue weighted by Gasteiger charge is -2.06. The van der Waals surface area contributed by atoms with Crippen molar-refractivity contribution in [2.75, 3.05) is 14.2 Å². The molecule has 96 valence electrons. The van der Waals surface area contributed by atoms with Crippen LogP contribution >= 0.6 is 27.5 Å². The molecule has 4 nitrogen and oxygen atoms in total. The van der Waals surface area contributed by atoms with Crippen molar-refractivity contribution in [3.05, 3.63) is 33.5 Å². The summed E-state index contributed by atoms with van der Waals surface area (Å²) in [4.78, 5) is 7.67. The monoisotopic (exact) mass is 329 g/mol. The zero-order chi connectivity index (χ0) is 13.1. The largest absolute Gasteiger partial charge is 0.496 e. The smallest absolute Gasteiger partial charge is 0.142 e. The highest BCUT2D eigenvalue weighted by molar-refractivity contribution is 9.10. The first-order valence-corrected chi connectivity index (χ1v) is 6.55. The summed E-state index contributed by atoms with van der Waals surface area (Å²) in [6.07, 6.45) is 0. The highest BCUT2D eigenvalue weighted by atomic mass is 79.9. The summed E-state index contributed by atoms with van der Waals surface area (Å²) in [5.74, 6) is 1.46. The predicted molar refractivity (Wildman–Crippen MR) is 76.0 cm³/mol. The van der Waals surface area contributed by atoms with Gasteiger partial charge in [0, 0.05) is 11.6 Å². The van der Waals surface area contributed by atoms with Crippen LogP contribution in [0.1, 0.15) is 5.69 Å². The minimum absolute atomic E-state index is 0.647. The van der Waals surface area contributed by atoms with E-state index in [9.17, 15) is 0 Å². The van der Waals surface area contributed by atoms with E-state index in [0.717, 1.165) is 27.4 Å². The van der Waals surface area contributed by atoms with Crippen LogP contribution in [-0.4, -0.2) is 24.1 Å². The van der Waals surface area contributed by atoms with Gasteiger partial charge in [0.1, 0.15) is 16.2 Å². The van der Waals surface area contributed by atoms with Gasteiger partial charge in [-0.25, -0.2) is 4.98 Å². The molecule has 0 saturated heterocycles. The summed E-state index contributed by atoms with van der Waals surface area (Å²) >= 11 is 9.43. The molecule has 6 heteroatoms. The second-order valence-corrected chi connectivity index (χ2v) is 4.92. The van der Waals surface area contributed by atoms with Crippen molar-refractivity contribution in [1.82, 2.24) is 15.3 Å². The number of hydrogen-bond donors (Lipinski definition) is 2. The van der Waals surface area contributed by atoms with Crippen molar-refractivity contribution in [3.8, 4) is 17.1 Å². The zero-order valence-corrected chi connectivity index (χ0v) is 12.4. The Hall–Kier alpha value is -1.04. The number of hydrogen-bond acceptors (Lipinski definition) is 3. The van der Waals surface area contributed by atoms with E-state index in [1.54, 1.807) is 13.2 Å². The van der Waals surface area contributed by atoms with Gasteiger partial charge < -0.3 is 15.0 Å². The number of ether oxygens (including phenoxy) is 1. The molecule has 0 bridgehead atoms. The summed E-state index contributed by atoms with van der Waals surface area (Å²) in [5, 5.41) is 3.72. The van der Waals surface area contributed by atoms with Crippen LogP contribution in [0.15, 0.2) is 22.8 Å². The van der Waals surface area contributed by atoms with E-state index in [4.69, 9.17) is 16.3 Å². The quantitative estimate of drug-likeness (QED) is 0.905. The van der Waals surface area contributed by atoms with Crippen LogP contribution in [0.3, 0.4) is 0 Å². The average molecular weight is 331 g/mol. The van der Waals surface area contributed by atoms with Gasteiger partial charge in [-0.05, 0) is 41.2 Å². The zero-order valence-electron chi connectivity index (χ0n) is 10.1. The van der Waals surface area contributed by atoms with E-state index in [1.165, 1.54) is 0 Å². The molecule has 2 aromatic rings. The van der Waals surface area contributed by atoms with Crippen LogP contribution in [0.5, 0.6) is 5.75 Å². The molecule has 0 aliphatic rings. The number of rotatable bonds is 4. The van der Waals surface area contributed by atoms with Gasteiger partial charge in [-0.15, -0.1) is 0 Å². The van der Waals surface area contributed by atoms with Crippen molar-refractivity contribution in [3.63, 3.8) is 0 Å². The molecule has 1 aromatic carbocycles. The third-order valence-corrected chi connectivity index (χ3v) is 3.39. The standard InChI is InChI=1S/C12H13BrClN3O/c1-15-6-9-11(13)17-12(16-9)8-5-7(14)3-4-10(8)18-2/h3-5,15H,6H2,1-2H3,(H,16,17). The van der Waals surface area contributed by atoms with Gasteiger partial charge >= 0.3 is 0 Å². The number of nitrogens with zero attached hydrogens (tertiary/aromatic N) is 1. The highest BCUT2D eigenvalue weighted by Crippen LogP contribution is 2.32. The second kappa shape index (κ2) is 5.73. The number of imidazole rings is 1. The van der Waals surface area contributed by atoms with Crippen LogP contribution in [0.25, 0.3) is 11.4 Å². The minimum atomic E-state index is 0.647. The van der Waals surface area contributed by atoms with Crippen molar-refractivity contribution < 1.29 is 4.74 Å². The molecule has 0 saturated carbocycles. The third-order valence-electron chi connectivity index (χ3n) is 2.50. The molecule has 0 spiro atoms. The molecule has 0 atom stereocenters. The molecule has 18 heavy (non-hydrogen) atoms. The fraction of sp³-hybridized carbons (Fsp3) is 0.250. The Bertz CT molecular complexity index is 556. The van der Waals surface area contributed by atoms with E-state index in [2.05, 4.69) is 31.2 Å². The number of aromatic amines is 1. The van der Waals surface area contributed by atoms with Gasteiger partial charge in [-0.2, -0.15) is 0 Å². The Morgan fingerprint density at radius 3 is 2.94 bits per heavy atom. The van der Waals surface area contributed by atoms with Crippen molar-refractivity contribution in [1.29, 1.82) is 0 Å². The van der Waals surface area contributed by atoms with E-state index in [0.29, 0.717) is 11.6 Å². The molecule has 0 radical (unpaired) electrons. The summed E-state index contributed by atoms with van der Waals surface area (Å²) in [6.45, 7) is 0.705. The molecule has 0 amide bonds. The number of halogens is 2. The minimum Gasteiger partial charge on any atom is -0.496 e. The Balaban J connectivity index is 2.47. The lowest BCUT2D eigenvalue weighted by molar-refractivity contribution is 0.416. The van der Waals surface area contributed by atoms with Crippen molar-refractivity contribution in [2.45, 2.75) is 6.54 Å². The summed E-state index contributed by atoms with van der Waals surface area (Å²) in [7, 11) is 3.51. The first-order chi connectivity index (χ1) is 8.65. The second-order valence-electron chi connectivity index (χ2n) is 3.73. The Kier molecular flexibility index (Phi) is 4.27. The Morgan fingerprint density at radius 2 is 2.28 bits per heavy atom. The molecule has 0 aliphatic carbocycles. The number of nitrogens with one attached hydrogen (secondary N) is 2. The summed E-state index contributed by atoms with van der Waals surface area (Å²) in [6, 6.07) is 5.44. The maximum atomic E-state index is 6.01. The molecule has 1 aromatic heterocycles. The maximum Gasteiger partial charge on any atom is 0.142 e. The molecular formula is C12H13BrClN3O. The van der Waals surface area contributed by atoms with Gasteiger partial charge in [-0.1, -0.05) is 11.6 Å². The maximum absolute atomic E-state index is 6.01. The highest BCUT2D eigenvalue weighted by Gasteiger charge is 2.13. The Labute approximate surface area is 119 Å². The SMILES string of the molecule is CNCc1[nH]c(-c2cc(Cl)ccc2OC)nc1Br.